The van der Waals surface area contributed by atoms with Crippen LogP contribution in [0.15, 0.2) is 30.5 Å². The van der Waals surface area contributed by atoms with Gasteiger partial charge in [0.15, 0.2) is 0 Å². The van der Waals surface area contributed by atoms with Gasteiger partial charge in [-0.2, -0.15) is 0 Å². The fraction of sp³-hybridized carbons (Fsp3) is 0.267. The number of halogens is 2. The van der Waals surface area contributed by atoms with Gasteiger partial charge in [0.2, 0.25) is 5.91 Å². The summed E-state index contributed by atoms with van der Waals surface area (Å²) in [7, 11) is 0. The number of anilines is 1. The molecule has 0 aliphatic rings. The first-order chi connectivity index (χ1) is 10.5. The van der Waals surface area contributed by atoms with E-state index in [1.54, 1.807) is 44.3 Å². The molecule has 1 atom stereocenters. The van der Waals surface area contributed by atoms with Gasteiger partial charge in [0.05, 0.1) is 22.9 Å². The second-order valence-electron chi connectivity index (χ2n) is 4.80. The van der Waals surface area contributed by atoms with Gasteiger partial charge in [0.25, 0.3) is 0 Å². The Balaban J connectivity index is 1.92. The van der Waals surface area contributed by atoms with E-state index in [9.17, 15) is 4.79 Å². The Hall–Kier alpha value is -1.85. The van der Waals surface area contributed by atoms with E-state index in [1.807, 2.05) is 0 Å². The van der Waals surface area contributed by atoms with Crippen LogP contribution in [0, 0.1) is 6.92 Å². The molecule has 5 nitrogen and oxygen atoms in total. The van der Waals surface area contributed by atoms with E-state index in [4.69, 9.17) is 23.2 Å². The van der Waals surface area contributed by atoms with E-state index in [2.05, 4.69) is 20.6 Å². The summed E-state index contributed by atoms with van der Waals surface area (Å²) in [6, 6.07) is 6.40. The standard InChI is InChI=1S/C15H16Cl2N4O/c1-9(20-14-4-3-11(16)7-13(14)17)15(22)19-8-12-5-6-18-10(2)21-12/h3-7,9,20H,8H2,1-2H3,(H,19,22). The molecule has 0 fully saturated rings. The van der Waals surface area contributed by atoms with E-state index < -0.39 is 6.04 Å². The zero-order valence-electron chi connectivity index (χ0n) is 12.2. The first kappa shape index (κ1) is 16.5. The molecular weight excluding hydrogens is 323 g/mol. The molecule has 1 aromatic carbocycles. The van der Waals surface area contributed by atoms with Crippen LogP contribution in [-0.4, -0.2) is 21.9 Å². The number of aryl methyl sites for hydroxylation is 1. The van der Waals surface area contributed by atoms with E-state index >= 15 is 0 Å². The lowest BCUT2D eigenvalue weighted by Crippen LogP contribution is -2.37. The predicted octanol–water partition coefficient (Wildman–Crippen LogP) is 3.21. The van der Waals surface area contributed by atoms with Gasteiger partial charge in [0, 0.05) is 11.2 Å². The molecule has 1 aromatic heterocycles. The smallest absolute Gasteiger partial charge is 0.242 e. The SMILES string of the molecule is Cc1nccc(CNC(=O)C(C)Nc2ccc(Cl)cc2Cl)n1. The average molecular weight is 339 g/mol. The molecule has 0 saturated heterocycles. The summed E-state index contributed by atoms with van der Waals surface area (Å²) in [6.45, 7) is 3.91. The Bertz CT molecular complexity index is 678. The van der Waals surface area contributed by atoms with E-state index in [-0.39, 0.29) is 5.91 Å². The highest BCUT2D eigenvalue weighted by molar-refractivity contribution is 6.36. The number of hydrogen-bond acceptors (Lipinski definition) is 4. The molecule has 0 aliphatic carbocycles. The summed E-state index contributed by atoms with van der Waals surface area (Å²) < 4.78 is 0. The zero-order valence-corrected chi connectivity index (χ0v) is 13.7. The minimum absolute atomic E-state index is 0.151. The van der Waals surface area contributed by atoms with Crippen molar-refractivity contribution in [3.05, 3.63) is 52.0 Å². The Labute approximate surface area is 139 Å². The molecule has 22 heavy (non-hydrogen) atoms. The highest BCUT2D eigenvalue weighted by atomic mass is 35.5. The molecule has 1 unspecified atom stereocenters. The van der Waals surface area contributed by atoms with Gasteiger partial charge in [0.1, 0.15) is 11.9 Å². The first-order valence-electron chi connectivity index (χ1n) is 6.73. The van der Waals surface area contributed by atoms with Crippen molar-refractivity contribution in [2.24, 2.45) is 0 Å². The van der Waals surface area contributed by atoms with Crippen molar-refractivity contribution in [3.63, 3.8) is 0 Å². The van der Waals surface area contributed by atoms with Crippen LogP contribution in [0.2, 0.25) is 10.0 Å². The van der Waals surface area contributed by atoms with Crippen molar-refractivity contribution in [3.8, 4) is 0 Å². The maximum Gasteiger partial charge on any atom is 0.242 e. The molecule has 0 saturated carbocycles. The van der Waals surface area contributed by atoms with Crippen LogP contribution in [0.3, 0.4) is 0 Å². The molecule has 0 spiro atoms. The second kappa shape index (κ2) is 7.42. The van der Waals surface area contributed by atoms with Crippen molar-refractivity contribution < 1.29 is 4.79 Å². The summed E-state index contributed by atoms with van der Waals surface area (Å²) in [4.78, 5) is 20.3. The average Bonchev–Trinajstić information content (AvgIpc) is 2.47. The largest absolute Gasteiger partial charge is 0.373 e. The summed E-state index contributed by atoms with van der Waals surface area (Å²) in [5.74, 6) is 0.521. The van der Waals surface area contributed by atoms with Crippen LogP contribution in [0.5, 0.6) is 0 Å². The molecule has 7 heteroatoms. The van der Waals surface area contributed by atoms with Gasteiger partial charge in [-0.3, -0.25) is 4.79 Å². The van der Waals surface area contributed by atoms with E-state index in [1.165, 1.54) is 0 Å². The number of benzene rings is 1. The van der Waals surface area contributed by atoms with Gasteiger partial charge in [-0.05, 0) is 38.1 Å². The highest BCUT2D eigenvalue weighted by Crippen LogP contribution is 2.25. The van der Waals surface area contributed by atoms with E-state index in [0.29, 0.717) is 28.1 Å². The number of carbonyl (C=O) groups is 1. The Morgan fingerprint density at radius 3 is 2.77 bits per heavy atom. The maximum atomic E-state index is 12.1. The lowest BCUT2D eigenvalue weighted by molar-refractivity contribution is -0.121. The Morgan fingerprint density at radius 2 is 2.09 bits per heavy atom. The molecule has 1 amide bonds. The molecule has 1 heterocycles. The molecule has 0 bridgehead atoms. The quantitative estimate of drug-likeness (QED) is 0.878. The number of hydrogen-bond donors (Lipinski definition) is 2. The lowest BCUT2D eigenvalue weighted by Gasteiger charge is -2.16. The summed E-state index contributed by atoms with van der Waals surface area (Å²) in [5.41, 5.74) is 1.42. The summed E-state index contributed by atoms with van der Waals surface area (Å²) in [6.07, 6.45) is 1.67. The minimum Gasteiger partial charge on any atom is -0.373 e. The van der Waals surface area contributed by atoms with Crippen LogP contribution in [-0.2, 0) is 11.3 Å². The van der Waals surface area contributed by atoms with Crippen molar-refractivity contribution in [2.75, 3.05) is 5.32 Å². The van der Waals surface area contributed by atoms with Crippen LogP contribution in [0.1, 0.15) is 18.4 Å². The number of carbonyl (C=O) groups excluding carboxylic acids is 1. The Morgan fingerprint density at radius 1 is 1.32 bits per heavy atom. The van der Waals surface area contributed by atoms with Gasteiger partial charge in [-0.25, -0.2) is 9.97 Å². The third kappa shape index (κ3) is 4.58. The fourth-order valence-electron chi connectivity index (χ4n) is 1.84. The second-order valence-corrected chi connectivity index (χ2v) is 5.65. The predicted molar refractivity (Wildman–Crippen MR) is 88.2 cm³/mol. The fourth-order valence-corrected chi connectivity index (χ4v) is 2.30. The van der Waals surface area contributed by atoms with Gasteiger partial charge in [-0.1, -0.05) is 23.2 Å². The minimum atomic E-state index is -0.443. The lowest BCUT2D eigenvalue weighted by atomic mass is 10.2. The first-order valence-corrected chi connectivity index (χ1v) is 7.49. The number of aromatic nitrogens is 2. The normalized spacial score (nSPS) is 11.8. The number of nitrogens with zero attached hydrogens (tertiary/aromatic N) is 2. The van der Waals surface area contributed by atoms with Gasteiger partial charge < -0.3 is 10.6 Å². The highest BCUT2D eigenvalue weighted by Gasteiger charge is 2.14. The number of amides is 1. The molecule has 2 N–H and O–H groups in total. The zero-order chi connectivity index (χ0) is 16.1. The van der Waals surface area contributed by atoms with Crippen molar-refractivity contribution in [1.82, 2.24) is 15.3 Å². The number of rotatable bonds is 5. The van der Waals surface area contributed by atoms with Crippen LogP contribution >= 0.6 is 23.2 Å². The molecule has 0 aliphatic heterocycles. The molecule has 116 valence electrons. The molecule has 0 radical (unpaired) electrons. The van der Waals surface area contributed by atoms with Gasteiger partial charge >= 0.3 is 0 Å². The summed E-state index contributed by atoms with van der Waals surface area (Å²) in [5, 5.41) is 6.88. The third-order valence-electron chi connectivity index (χ3n) is 2.97. The van der Waals surface area contributed by atoms with Crippen LogP contribution < -0.4 is 10.6 Å². The topological polar surface area (TPSA) is 66.9 Å². The molecule has 2 aromatic rings. The molecular formula is C15H16Cl2N4O. The number of nitrogens with one attached hydrogen (secondary N) is 2. The van der Waals surface area contributed by atoms with Crippen LogP contribution in [0.4, 0.5) is 5.69 Å². The van der Waals surface area contributed by atoms with Crippen molar-refractivity contribution in [2.45, 2.75) is 26.4 Å². The third-order valence-corrected chi connectivity index (χ3v) is 3.52. The Kier molecular flexibility index (Phi) is 5.57. The van der Waals surface area contributed by atoms with Crippen LogP contribution in [0.25, 0.3) is 0 Å². The van der Waals surface area contributed by atoms with Gasteiger partial charge in [-0.15, -0.1) is 0 Å². The van der Waals surface area contributed by atoms with E-state index in [0.717, 1.165) is 5.69 Å². The van der Waals surface area contributed by atoms with Crippen molar-refractivity contribution >= 4 is 34.8 Å². The maximum absolute atomic E-state index is 12.1. The van der Waals surface area contributed by atoms with Crippen molar-refractivity contribution in [1.29, 1.82) is 0 Å². The summed E-state index contributed by atoms with van der Waals surface area (Å²) >= 11 is 11.9. The monoisotopic (exact) mass is 338 g/mol. The molecule has 2 rings (SSSR count).